The highest BCUT2D eigenvalue weighted by molar-refractivity contribution is 7.91. The number of sulfone groups is 1. The molecule has 0 bridgehead atoms. The molecular formula is C10H19NO5S. The van der Waals surface area contributed by atoms with Gasteiger partial charge in [0.05, 0.1) is 24.7 Å². The Hall–Kier alpha value is -0.660. The van der Waals surface area contributed by atoms with Gasteiger partial charge in [-0.3, -0.25) is 9.69 Å². The zero-order valence-electron chi connectivity index (χ0n) is 9.96. The highest BCUT2D eigenvalue weighted by Crippen LogP contribution is 2.17. The molecule has 1 rings (SSSR count). The summed E-state index contributed by atoms with van der Waals surface area (Å²) in [6, 6.07) is 0.0322. The van der Waals surface area contributed by atoms with Crippen molar-refractivity contribution in [3.05, 3.63) is 0 Å². The molecule has 100 valence electrons. The minimum atomic E-state index is -2.90. The molecule has 6 nitrogen and oxygen atoms in total. The largest absolute Gasteiger partial charge is 0.480 e. The van der Waals surface area contributed by atoms with Crippen molar-refractivity contribution < 1.29 is 23.1 Å². The Morgan fingerprint density at radius 2 is 2.00 bits per heavy atom. The summed E-state index contributed by atoms with van der Waals surface area (Å²) >= 11 is 0. The van der Waals surface area contributed by atoms with Crippen molar-refractivity contribution in [2.75, 3.05) is 38.3 Å². The van der Waals surface area contributed by atoms with Gasteiger partial charge >= 0.3 is 5.97 Å². The van der Waals surface area contributed by atoms with Gasteiger partial charge < -0.3 is 9.84 Å². The number of carbonyl (C=O) groups is 1. The molecule has 1 fully saturated rings. The van der Waals surface area contributed by atoms with Crippen LogP contribution in [0.5, 0.6) is 0 Å². The standard InChI is InChI=1S/C10H19NO5S/c1-16-5-4-11(8-10(12)13)9-2-6-17(14,15)7-3-9/h9H,2-8H2,1H3,(H,12,13). The van der Waals surface area contributed by atoms with Gasteiger partial charge in [0.2, 0.25) is 0 Å². The number of aliphatic carboxylic acids is 1. The monoisotopic (exact) mass is 265 g/mol. The number of hydrogen-bond donors (Lipinski definition) is 1. The first kappa shape index (κ1) is 14.4. The molecule has 0 spiro atoms. The second kappa shape index (κ2) is 6.32. The third kappa shape index (κ3) is 5.01. The Balaban J connectivity index is 2.54. The van der Waals surface area contributed by atoms with Crippen LogP contribution >= 0.6 is 0 Å². The molecular weight excluding hydrogens is 246 g/mol. The van der Waals surface area contributed by atoms with Gasteiger partial charge in [0.25, 0.3) is 0 Å². The Morgan fingerprint density at radius 3 is 2.47 bits per heavy atom. The van der Waals surface area contributed by atoms with Gasteiger partial charge in [-0.2, -0.15) is 0 Å². The van der Waals surface area contributed by atoms with Crippen LogP contribution < -0.4 is 0 Å². The number of ether oxygens (including phenoxy) is 1. The Kier molecular flexibility index (Phi) is 5.35. The Labute approximate surface area is 101 Å². The summed E-state index contributed by atoms with van der Waals surface area (Å²) < 4.78 is 27.5. The van der Waals surface area contributed by atoms with Crippen LogP contribution in [0.3, 0.4) is 0 Å². The van der Waals surface area contributed by atoms with Crippen LogP contribution in [-0.2, 0) is 19.4 Å². The molecule has 0 aromatic carbocycles. The van der Waals surface area contributed by atoms with Gasteiger partial charge in [0.15, 0.2) is 0 Å². The molecule has 0 aliphatic carbocycles. The molecule has 17 heavy (non-hydrogen) atoms. The fourth-order valence-electron chi connectivity index (χ4n) is 2.02. The third-order valence-corrected chi connectivity index (χ3v) is 4.68. The molecule has 0 saturated carbocycles. The van der Waals surface area contributed by atoms with Crippen LogP contribution in [-0.4, -0.2) is 68.7 Å². The number of nitrogens with zero attached hydrogens (tertiary/aromatic N) is 1. The second-order valence-corrected chi connectivity index (χ2v) is 6.54. The maximum Gasteiger partial charge on any atom is 0.317 e. The second-order valence-electron chi connectivity index (χ2n) is 4.24. The highest BCUT2D eigenvalue weighted by Gasteiger charge is 2.28. The van der Waals surface area contributed by atoms with Crippen molar-refractivity contribution in [3.63, 3.8) is 0 Å². The summed E-state index contributed by atoms with van der Waals surface area (Å²) in [5.74, 6) is -0.587. The normalized spacial score (nSPS) is 20.6. The zero-order chi connectivity index (χ0) is 12.9. The molecule has 0 aromatic rings. The van der Waals surface area contributed by atoms with Crippen molar-refractivity contribution in [2.45, 2.75) is 18.9 Å². The lowest BCUT2D eigenvalue weighted by Gasteiger charge is -2.32. The van der Waals surface area contributed by atoms with Gasteiger partial charge in [-0.15, -0.1) is 0 Å². The SMILES string of the molecule is COCCN(CC(=O)O)C1CCS(=O)(=O)CC1. The number of hydrogen-bond acceptors (Lipinski definition) is 5. The maximum absolute atomic E-state index is 11.3. The fraction of sp³-hybridized carbons (Fsp3) is 0.900. The van der Waals surface area contributed by atoms with E-state index in [0.717, 1.165) is 0 Å². The van der Waals surface area contributed by atoms with E-state index in [1.165, 1.54) is 0 Å². The number of carboxylic acids is 1. The number of methoxy groups -OCH3 is 1. The van der Waals surface area contributed by atoms with E-state index in [9.17, 15) is 13.2 Å². The van der Waals surface area contributed by atoms with Crippen molar-refractivity contribution in [2.24, 2.45) is 0 Å². The first-order valence-corrected chi connectivity index (χ1v) is 7.42. The minimum Gasteiger partial charge on any atom is -0.480 e. The van der Waals surface area contributed by atoms with Gasteiger partial charge in [-0.1, -0.05) is 0 Å². The van der Waals surface area contributed by atoms with Crippen molar-refractivity contribution >= 4 is 15.8 Å². The summed E-state index contributed by atoms with van der Waals surface area (Å²) in [5.41, 5.74) is 0. The van der Waals surface area contributed by atoms with Crippen LogP contribution in [0.15, 0.2) is 0 Å². The van der Waals surface area contributed by atoms with E-state index in [1.54, 1.807) is 12.0 Å². The van der Waals surface area contributed by atoms with Crippen molar-refractivity contribution in [1.29, 1.82) is 0 Å². The molecule has 0 aromatic heterocycles. The van der Waals surface area contributed by atoms with Crippen LogP contribution in [0, 0.1) is 0 Å². The average Bonchev–Trinajstić information content (AvgIpc) is 2.24. The van der Waals surface area contributed by atoms with E-state index in [2.05, 4.69) is 0 Å². The molecule has 1 saturated heterocycles. The van der Waals surface area contributed by atoms with Gasteiger partial charge in [-0.05, 0) is 12.8 Å². The first-order chi connectivity index (χ1) is 7.94. The van der Waals surface area contributed by atoms with E-state index < -0.39 is 15.8 Å². The first-order valence-electron chi connectivity index (χ1n) is 5.60. The van der Waals surface area contributed by atoms with Crippen molar-refractivity contribution in [1.82, 2.24) is 4.90 Å². The predicted molar refractivity (Wildman–Crippen MR) is 62.8 cm³/mol. The quantitative estimate of drug-likeness (QED) is 0.703. The number of rotatable bonds is 6. The summed E-state index contributed by atoms with van der Waals surface area (Å²) in [6.45, 7) is 0.915. The molecule has 7 heteroatoms. The zero-order valence-corrected chi connectivity index (χ0v) is 10.8. The van der Waals surface area contributed by atoms with Crippen molar-refractivity contribution in [3.8, 4) is 0 Å². The smallest absolute Gasteiger partial charge is 0.317 e. The van der Waals surface area contributed by atoms with Crippen LogP contribution in [0.2, 0.25) is 0 Å². The summed E-state index contributed by atoms with van der Waals surface area (Å²) in [6.07, 6.45) is 1.03. The number of carboxylic acid groups (broad SMARTS) is 1. The van der Waals surface area contributed by atoms with E-state index in [0.29, 0.717) is 26.0 Å². The molecule has 1 N–H and O–H groups in total. The summed E-state index contributed by atoms with van der Waals surface area (Å²) in [7, 11) is -1.34. The van der Waals surface area contributed by atoms with Gasteiger partial charge in [0, 0.05) is 19.7 Å². The molecule has 0 amide bonds. The fourth-order valence-corrected chi connectivity index (χ4v) is 3.48. The summed E-state index contributed by atoms with van der Waals surface area (Å²) in [4.78, 5) is 12.5. The topological polar surface area (TPSA) is 83.9 Å². The van der Waals surface area contributed by atoms with Crippen LogP contribution in [0.4, 0.5) is 0 Å². The lowest BCUT2D eigenvalue weighted by molar-refractivity contribution is -0.139. The molecule has 1 heterocycles. The summed E-state index contributed by atoms with van der Waals surface area (Å²) in [5, 5.41) is 8.82. The Bertz CT molecular complexity index is 340. The Morgan fingerprint density at radius 1 is 1.41 bits per heavy atom. The molecule has 1 aliphatic rings. The molecule has 1 aliphatic heterocycles. The van der Waals surface area contributed by atoms with E-state index >= 15 is 0 Å². The minimum absolute atomic E-state index is 0.0322. The van der Waals surface area contributed by atoms with Gasteiger partial charge in [0.1, 0.15) is 9.84 Å². The van der Waals surface area contributed by atoms with E-state index in [4.69, 9.17) is 9.84 Å². The lowest BCUT2D eigenvalue weighted by atomic mass is 10.1. The van der Waals surface area contributed by atoms with Crippen LogP contribution in [0.25, 0.3) is 0 Å². The predicted octanol–water partition coefficient (Wildman–Crippen LogP) is -0.403. The molecule has 0 atom stereocenters. The average molecular weight is 265 g/mol. The maximum atomic E-state index is 11.3. The highest BCUT2D eigenvalue weighted by atomic mass is 32.2. The third-order valence-electron chi connectivity index (χ3n) is 2.96. The van der Waals surface area contributed by atoms with E-state index in [1.807, 2.05) is 0 Å². The molecule has 0 radical (unpaired) electrons. The van der Waals surface area contributed by atoms with Crippen LogP contribution in [0.1, 0.15) is 12.8 Å². The molecule has 0 unspecified atom stereocenters. The van der Waals surface area contributed by atoms with Gasteiger partial charge in [-0.25, -0.2) is 8.42 Å². The van der Waals surface area contributed by atoms with E-state index in [-0.39, 0.29) is 24.1 Å². The lowest BCUT2D eigenvalue weighted by Crippen LogP contribution is -2.45.